The van der Waals surface area contributed by atoms with Crippen molar-refractivity contribution >= 4 is 17.5 Å². The predicted molar refractivity (Wildman–Crippen MR) is 111 cm³/mol. The summed E-state index contributed by atoms with van der Waals surface area (Å²) in [6.45, 7) is 4.04. The van der Waals surface area contributed by atoms with E-state index in [1.54, 1.807) is 4.90 Å². The molecule has 1 N–H and O–H groups in total. The molecule has 6 nitrogen and oxygen atoms in total. The number of piperazine rings is 1. The van der Waals surface area contributed by atoms with Gasteiger partial charge in [0.25, 0.3) is 0 Å². The van der Waals surface area contributed by atoms with E-state index >= 15 is 0 Å². The Labute approximate surface area is 173 Å². The SMILES string of the molecule is Cc1ccc(-c2ccc(N3CCN(C(=O)Nc4cc(F)ccc4F)CC3)nn2)cc1. The van der Waals surface area contributed by atoms with E-state index in [0.29, 0.717) is 26.2 Å². The van der Waals surface area contributed by atoms with Gasteiger partial charge in [-0.15, -0.1) is 10.2 Å². The van der Waals surface area contributed by atoms with Crippen LogP contribution in [0.25, 0.3) is 11.3 Å². The molecule has 1 saturated heterocycles. The van der Waals surface area contributed by atoms with Crippen LogP contribution in [0.4, 0.5) is 25.1 Å². The summed E-state index contributed by atoms with van der Waals surface area (Å²) in [5.41, 5.74) is 2.82. The molecule has 2 amide bonds. The molecule has 0 saturated carbocycles. The number of aromatic nitrogens is 2. The Morgan fingerprint density at radius 3 is 2.33 bits per heavy atom. The largest absolute Gasteiger partial charge is 0.352 e. The summed E-state index contributed by atoms with van der Waals surface area (Å²) in [5, 5.41) is 11.1. The highest BCUT2D eigenvalue weighted by atomic mass is 19.1. The van der Waals surface area contributed by atoms with E-state index in [1.807, 2.05) is 48.2 Å². The van der Waals surface area contributed by atoms with Crippen LogP contribution in [-0.4, -0.2) is 47.3 Å². The standard InChI is InChI=1S/C22H21F2N5O/c1-15-2-4-16(5-3-15)19-8-9-21(27-26-19)28-10-12-29(13-11-28)22(30)25-20-14-17(23)6-7-18(20)24/h2-9,14H,10-13H2,1H3,(H,25,30). The van der Waals surface area contributed by atoms with Crippen LogP contribution in [0.1, 0.15) is 5.56 Å². The van der Waals surface area contributed by atoms with Crippen molar-refractivity contribution in [2.24, 2.45) is 0 Å². The van der Waals surface area contributed by atoms with Gasteiger partial charge in [0, 0.05) is 37.8 Å². The average molecular weight is 409 g/mol. The first kappa shape index (κ1) is 19.8. The summed E-state index contributed by atoms with van der Waals surface area (Å²) in [6.07, 6.45) is 0. The van der Waals surface area contributed by atoms with E-state index in [1.165, 1.54) is 5.56 Å². The third-order valence-corrected chi connectivity index (χ3v) is 5.06. The second-order valence-corrected chi connectivity index (χ2v) is 7.17. The van der Waals surface area contributed by atoms with E-state index in [0.717, 1.165) is 35.3 Å². The molecule has 30 heavy (non-hydrogen) atoms. The van der Waals surface area contributed by atoms with Crippen molar-refractivity contribution in [2.45, 2.75) is 6.92 Å². The minimum absolute atomic E-state index is 0.167. The Morgan fingerprint density at radius 1 is 0.933 bits per heavy atom. The molecular formula is C22H21F2N5O. The van der Waals surface area contributed by atoms with Gasteiger partial charge in [-0.25, -0.2) is 13.6 Å². The van der Waals surface area contributed by atoms with Crippen LogP contribution < -0.4 is 10.2 Å². The van der Waals surface area contributed by atoms with Crippen molar-refractivity contribution in [2.75, 3.05) is 36.4 Å². The molecule has 1 aliphatic rings. The molecule has 3 aromatic rings. The Kier molecular flexibility index (Phi) is 5.56. The lowest BCUT2D eigenvalue weighted by molar-refractivity contribution is 0.208. The Balaban J connectivity index is 1.35. The quantitative estimate of drug-likeness (QED) is 0.708. The predicted octanol–water partition coefficient (Wildman–Crippen LogP) is 4.08. The number of urea groups is 1. The smallest absolute Gasteiger partial charge is 0.322 e. The molecule has 0 aliphatic carbocycles. The Bertz CT molecular complexity index is 1030. The lowest BCUT2D eigenvalue weighted by atomic mass is 10.1. The number of amides is 2. The monoisotopic (exact) mass is 409 g/mol. The van der Waals surface area contributed by atoms with Crippen molar-refractivity contribution in [1.82, 2.24) is 15.1 Å². The van der Waals surface area contributed by atoms with Crippen LogP contribution in [-0.2, 0) is 0 Å². The molecule has 2 aromatic carbocycles. The van der Waals surface area contributed by atoms with E-state index in [9.17, 15) is 13.6 Å². The number of nitrogens with zero attached hydrogens (tertiary/aromatic N) is 4. The molecule has 0 bridgehead atoms. The van der Waals surface area contributed by atoms with Crippen LogP contribution in [0.5, 0.6) is 0 Å². The number of hydrogen-bond acceptors (Lipinski definition) is 4. The zero-order chi connectivity index (χ0) is 21.1. The number of aryl methyl sites for hydroxylation is 1. The fourth-order valence-electron chi connectivity index (χ4n) is 3.30. The first-order chi connectivity index (χ1) is 14.5. The lowest BCUT2D eigenvalue weighted by Gasteiger charge is -2.35. The summed E-state index contributed by atoms with van der Waals surface area (Å²) in [6, 6.07) is 14.4. The maximum absolute atomic E-state index is 13.7. The molecule has 0 radical (unpaired) electrons. The first-order valence-electron chi connectivity index (χ1n) is 9.66. The summed E-state index contributed by atoms with van der Waals surface area (Å²) >= 11 is 0. The van der Waals surface area contributed by atoms with E-state index in [2.05, 4.69) is 15.5 Å². The number of rotatable bonds is 3. The highest BCUT2D eigenvalue weighted by Gasteiger charge is 2.23. The fraction of sp³-hybridized carbons (Fsp3) is 0.227. The van der Waals surface area contributed by atoms with Gasteiger partial charge in [0.1, 0.15) is 11.6 Å². The maximum Gasteiger partial charge on any atom is 0.322 e. The van der Waals surface area contributed by atoms with Gasteiger partial charge in [-0.05, 0) is 31.2 Å². The topological polar surface area (TPSA) is 61.4 Å². The number of anilines is 2. The molecule has 0 unspecified atom stereocenters. The minimum Gasteiger partial charge on any atom is -0.352 e. The Morgan fingerprint density at radius 2 is 1.67 bits per heavy atom. The summed E-state index contributed by atoms with van der Waals surface area (Å²) in [7, 11) is 0. The van der Waals surface area contributed by atoms with Gasteiger partial charge in [-0.3, -0.25) is 0 Å². The minimum atomic E-state index is -0.674. The molecule has 1 aliphatic heterocycles. The van der Waals surface area contributed by atoms with Crippen LogP contribution >= 0.6 is 0 Å². The lowest BCUT2D eigenvalue weighted by Crippen LogP contribution is -2.50. The first-order valence-corrected chi connectivity index (χ1v) is 9.66. The Hall–Kier alpha value is -3.55. The van der Waals surface area contributed by atoms with Gasteiger partial charge < -0.3 is 15.1 Å². The zero-order valence-corrected chi connectivity index (χ0v) is 16.5. The third-order valence-electron chi connectivity index (χ3n) is 5.06. The maximum atomic E-state index is 13.7. The number of benzene rings is 2. The van der Waals surface area contributed by atoms with Gasteiger partial charge >= 0.3 is 6.03 Å². The molecule has 1 aromatic heterocycles. The molecule has 0 spiro atoms. The number of halogens is 2. The molecule has 1 fully saturated rings. The van der Waals surface area contributed by atoms with Gasteiger partial charge in [0.15, 0.2) is 5.82 Å². The summed E-state index contributed by atoms with van der Waals surface area (Å²) in [5.74, 6) is -0.543. The number of carbonyl (C=O) groups excluding carboxylic acids is 1. The highest BCUT2D eigenvalue weighted by molar-refractivity contribution is 5.89. The van der Waals surface area contributed by atoms with Crippen LogP contribution in [0.2, 0.25) is 0 Å². The summed E-state index contributed by atoms with van der Waals surface area (Å²) in [4.78, 5) is 16.0. The third kappa shape index (κ3) is 4.37. The fourth-order valence-corrected chi connectivity index (χ4v) is 3.30. The molecular weight excluding hydrogens is 388 g/mol. The van der Waals surface area contributed by atoms with Gasteiger partial charge in [0.2, 0.25) is 0 Å². The average Bonchev–Trinajstić information content (AvgIpc) is 2.77. The number of hydrogen-bond donors (Lipinski definition) is 1. The van der Waals surface area contributed by atoms with E-state index < -0.39 is 17.7 Å². The normalized spacial score (nSPS) is 14.0. The van der Waals surface area contributed by atoms with E-state index in [-0.39, 0.29) is 5.69 Å². The van der Waals surface area contributed by atoms with Crippen LogP contribution in [0, 0.1) is 18.6 Å². The van der Waals surface area contributed by atoms with Gasteiger partial charge in [-0.1, -0.05) is 29.8 Å². The molecule has 0 atom stereocenters. The zero-order valence-electron chi connectivity index (χ0n) is 16.5. The molecule has 154 valence electrons. The van der Waals surface area contributed by atoms with Crippen LogP contribution in [0.15, 0.2) is 54.6 Å². The van der Waals surface area contributed by atoms with E-state index in [4.69, 9.17) is 0 Å². The van der Waals surface area contributed by atoms with Gasteiger partial charge in [0.05, 0.1) is 11.4 Å². The van der Waals surface area contributed by atoms with Crippen LogP contribution in [0.3, 0.4) is 0 Å². The molecule has 8 heteroatoms. The number of carbonyl (C=O) groups is 1. The van der Waals surface area contributed by atoms with Crippen molar-refractivity contribution < 1.29 is 13.6 Å². The summed E-state index contributed by atoms with van der Waals surface area (Å²) < 4.78 is 27.0. The molecule has 2 heterocycles. The molecule has 4 rings (SSSR count). The second-order valence-electron chi connectivity index (χ2n) is 7.17. The van der Waals surface area contributed by atoms with Gasteiger partial charge in [-0.2, -0.15) is 0 Å². The van der Waals surface area contributed by atoms with Crippen molar-refractivity contribution in [1.29, 1.82) is 0 Å². The second kappa shape index (κ2) is 8.44. The highest BCUT2D eigenvalue weighted by Crippen LogP contribution is 2.20. The van der Waals surface area contributed by atoms with Crippen molar-refractivity contribution in [3.05, 3.63) is 71.8 Å². The van der Waals surface area contributed by atoms with Crippen molar-refractivity contribution in [3.63, 3.8) is 0 Å². The number of nitrogens with one attached hydrogen (secondary N) is 1. The van der Waals surface area contributed by atoms with Crippen molar-refractivity contribution in [3.8, 4) is 11.3 Å².